The van der Waals surface area contributed by atoms with Crippen LogP contribution in [0.1, 0.15) is 123 Å². The van der Waals surface area contributed by atoms with Crippen molar-refractivity contribution >= 4 is 22.2 Å². The zero-order chi connectivity index (χ0) is 37.4. The molecule has 2 aromatic rings. The average Bonchev–Trinajstić information content (AvgIpc) is 2.94. The van der Waals surface area contributed by atoms with Crippen LogP contribution in [0.15, 0.2) is 24.3 Å². The summed E-state index contributed by atoms with van der Waals surface area (Å²) in [5.41, 5.74) is 3.46. The summed E-state index contributed by atoms with van der Waals surface area (Å²) in [5, 5.41) is 21.3. The molecule has 3 saturated heterocycles. The molecule has 0 amide bonds. The summed E-state index contributed by atoms with van der Waals surface area (Å²) in [6.07, 6.45) is 0.538. The molecule has 0 atom stereocenters. The number of benzene rings is 2. The minimum absolute atomic E-state index is 0.193. The number of hydrogen-bond donors (Lipinski definition) is 4. The minimum Gasteiger partial charge on any atom is -0.507 e. The number of carbonyl (C=O) groups is 1. The Hall–Kier alpha value is -2.03. The molecule has 5 rings (SSSR count). The van der Waals surface area contributed by atoms with Gasteiger partial charge in [-0.3, -0.25) is 9.36 Å². The Kier molecular flexibility index (Phi) is 12.6. The molecule has 0 unspecified atom stereocenters. The van der Waals surface area contributed by atoms with Crippen LogP contribution in [0.25, 0.3) is 0 Å². The van der Waals surface area contributed by atoms with Crippen molar-refractivity contribution in [2.24, 2.45) is 5.41 Å². The van der Waals surface area contributed by atoms with Crippen molar-refractivity contribution in [1.82, 2.24) is 0 Å². The summed E-state index contributed by atoms with van der Waals surface area (Å²) in [6, 6.07) is 7.42. The average molecular weight is 725 g/mol. The van der Waals surface area contributed by atoms with Gasteiger partial charge >= 0.3 is 22.2 Å². The Morgan fingerprint density at radius 3 is 1.39 bits per heavy atom. The lowest BCUT2D eigenvalue weighted by molar-refractivity contribution is -0.157. The Labute approximate surface area is 294 Å². The van der Waals surface area contributed by atoms with Crippen molar-refractivity contribution in [1.29, 1.82) is 0 Å². The van der Waals surface area contributed by atoms with Gasteiger partial charge in [-0.15, -0.1) is 0 Å². The SMILES string of the molecule is CC(C)(C)c1cc(CCC(=O)OCC23COP(OC2)OC3)cc(C(C)(C)C)c1O.CC(C)(C)c1cc(CP(=O)(O)O)cc(C(C)(C)C)c1O. The maximum atomic E-state index is 12.4. The quantitative estimate of drug-likeness (QED) is 0.162. The van der Waals surface area contributed by atoms with E-state index in [9.17, 15) is 29.4 Å². The molecule has 10 nitrogen and oxygen atoms in total. The number of aryl methyl sites for hydroxylation is 1. The fourth-order valence-corrected chi connectivity index (χ4v) is 7.65. The molecule has 12 heteroatoms. The second-order valence-electron chi connectivity index (χ2n) is 17.6. The van der Waals surface area contributed by atoms with Crippen molar-refractivity contribution in [3.63, 3.8) is 0 Å². The lowest BCUT2D eigenvalue weighted by Crippen LogP contribution is -2.47. The van der Waals surface area contributed by atoms with Crippen LogP contribution >= 0.6 is 16.2 Å². The molecule has 2 bridgehead atoms. The lowest BCUT2D eigenvalue weighted by atomic mass is 9.78. The van der Waals surface area contributed by atoms with E-state index in [4.69, 9.17) is 18.3 Å². The van der Waals surface area contributed by atoms with Gasteiger partial charge in [0.15, 0.2) is 0 Å². The normalized spacial score (nSPS) is 20.1. The van der Waals surface area contributed by atoms with Crippen molar-refractivity contribution in [3.8, 4) is 11.5 Å². The molecule has 0 radical (unpaired) electrons. The summed E-state index contributed by atoms with van der Waals surface area (Å²) in [7, 11) is -5.32. The first-order chi connectivity index (χ1) is 22.1. The number of carbonyl (C=O) groups excluding carboxylic acids is 1. The molecule has 0 aromatic heterocycles. The first kappa shape index (κ1) is 41.4. The number of ether oxygens (including phenoxy) is 1. The summed E-state index contributed by atoms with van der Waals surface area (Å²) in [6.45, 7) is 26.1. The number of fused-ring (bicyclic) bond motifs is 3. The van der Waals surface area contributed by atoms with Crippen LogP contribution in [-0.2, 0) is 61.9 Å². The number of phenols is 2. The van der Waals surface area contributed by atoms with Crippen molar-refractivity contribution in [2.75, 3.05) is 26.4 Å². The highest BCUT2D eigenvalue weighted by Crippen LogP contribution is 2.53. The predicted molar refractivity (Wildman–Crippen MR) is 193 cm³/mol. The maximum absolute atomic E-state index is 12.4. The van der Waals surface area contributed by atoms with Gasteiger partial charge in [-0.1, -0.05) is 107 Å². The Balaban J connectivity index is 0.000000286. The number of hydrogen-bond acceptors (Lipinski definition) is 8. The Morgan fingerprint density at radius 2 is 1.06 bits per heavy atom. The zero-order valence-electron chi connectivity index (χ0n) is 31.4. The van der Waals surface area contributed by atoms with E-state index < -0.39 is 16.2 Å². The van der Waals surface area contributed by atoms with Gasteiger partial charge in [-0.2, -0.15) is 0 Å². The number of phenolic OH excluding ortho intramolecular Hbond substituents is 2. The summed E-state index contributed by atoms with van der Waals surface area (Å²) >= 11 is 0. The number of esters is 1. The van der Waals surface area contributed by atoms with E-state index in [-0.39, 0.29) is 58.0 Å². The molecule has 3 aliphatic rings. The molecule has 276 valence electrons. The van der Waals surface area contributed by atoms with Gasteiger partial charge < -0.3 is 38.3 Å². The van der Waals surface area contributed by atoms with Gasteiger partial charge in [0.05, 0.1) is 31.4 Å². The van der Waals surface area contributed by atoms with Gasteiger partial charge in [-0.05, 0) is 61.5 Å². The standard InChI is InChI=1S/C22H33O6P.C15H25O4P/c1-20(2,3)16-9-15(10-17(19(16)24)21(4,5)6)7-8-18(23)25-11-22-12-26-29(27-13-22)28-14-22;1-14(2,3)11-7-10(9-20(17,18)19)8-12(13(11)16)15(4,5)6/h9-10,24H,7-8,11-14H2,1-6H3;7-8,16H,9H2,1-6H3,(H2,17,18,19). The second-order valence-corrected chi connectivity index (χ2v) is 20.5. The highest BCUT2D eigenvalue weighted by molar-refractivity contribution is 7.50. The first-order valence-corrected chi connectivity index (χ1v) is 19.6. The van der Waals surface area contributed by atoms with Crippen LogP contribution in [-0.4, -0.2) is 52.4 Å². The fourth-order valence-electron chi connectivity index (χ4n) is 5.63. The van der Waals surface area contributed by atoms with Crippen molar-refractivity contribution < 1.29 is 47.7 Å². The van der Waals surface area contributed by atoms with Crippen molar-refractivity contribution in [3.05, 3.63) is 57.6 Å². The van der Waals surface area contributed by atoms with Gasteiger partial charge in [0.2, 0.25) is 0 Å². The third-order valence-corrected chi connectivity index (χ3v) is 10.3. The molecular formula is C37H58O10P2. The molecule has 3 fully saturated rings. The van der Waals surface area contributed by atoms with E-state index in [0.717, 1.165) is 16.7 Å². The molecule has 3 heterocycles. The molecule has 3 aliphatic heterocycles. The number of rotatable bonds is 7. The predicted octanol–water partition coefficient (Wildman–Crippen LogP) is 8.42. The van der Waals surface area contributed by atoms with Crippen LogP contribution < -0.4 is 0 Å². The second kappa shape index (κ2) is 14.9. The molecule has 4 N–H and O–H groups in total. The smallest absolute Gasteiger partial charge is 0.332 e. The van der Waals surface area contributed by atoms with Gasteiger partial charge in [-0.25, -0.2) is 0 Å². The first-order valence-electron chi connectivity index (χ1n) is 16.7. The lowest BCUT2D eigenvalue weighted by Gasteiger charge is -2.43. The summed E-state index contributed by atoms with van der Waals surface area (Å²) in [5.74, 6) is 0.324. The van der Waals surface area contributed by atoms with Crippen LogP contribution in [0.2, 0.25) is 0 Å². The van der Waals surface area contributed by atoms with E-state index in [2.05, 4.69) is 41.5 Å². The van der Waals surface area contributed by atoms with E-state index in [0.29, 0.717) is 48.7 Å². The zero-order valence-corrected chi connectivity index (χ0v) is 33.2. The van der Waals surface area contributed by atoms with E-state index in [1.807, 2.05) is 53.7 Å². The van der Waals surface area contributed by atoms with Crippen LogP contribution in [0.5, 0.6) is 11.5 Å². The monoisotopic (exact) mass is 724 g/mol. The van der Waals surface area contributed by atoms with Crippen LogP contribution in [0.3, 0.4) is 0 Å². The Morgan fingerprint density at radius 1 is 0.714 bits per heavy atom. The molecule has 49 heavy (non-hydrogen) atoms. The van der Waals surface area contributed by atoms with Gasteiger partial charge in [0.1, 0.15) is 18.1 Å². The maximum Gasteiger partial charge on any atom is 0.332 e. The topological polar surface area (TPSA) is 152 Å². The minimum atomic E-state index is -4.13. The molecule has 0 aliphatic carbocycles. The van der Waals surface area contributed by atoms with Crippen molar-refractivity contribution in [2.45, 2.75) is 124 Å². The fraction of sp³-hybridized carbons (Fsp3) is 0.649. The van der Waals surface area contributed by atoms with Crippen LogP contribution in [0, 0.1) is 5.41 Å². The van der Waals surface area contributed by atoms with E-state index in [1.165, 1.54) is 0 Å². The summed E-state index contributed by atoms with van der Waals surface area (Å²) in [4.78, 5) is 30.7. The van der Waals surface area contributed by atoms with E-state index >= 15 is 0 Å². The molecular weight excluding hydrogens is 666 g/mol. The molecule has 2 aromatic carbocycles. The highest BCUT2D eigenvalue weighted by atomic mass is 31.2. The third kappa shape index (κ3) is 11.5. The van der Waals surface area contributed by atoms with Gasteiger partial charge in [0, 0.05) is 6.42 Å². The highest BCUT2D eigenvalue weighted by Gasteiger charge is 2.46. The van der Waals surface area contributed by atoms with E-state index in [1.54, 1.807) is 12.1 Å². The molecule has 0 saturated carbocycles. The largest absolute Gasteiger partial charge is 0.507 e. The summed E-state index contributed by atoms with van der Waals surface area (Å²) < 4.78 is 33.1. The van der Waals surface area contributed by atoms with Gasteiger partial charge in [0.25, 0.3) is 0 Å². The number of aromatic hydroxyl groups is 2. The third-order valence-electron chi connectivity index (χ3n) is 8.55. The Bertz CT molecular complexity index is 1440. The van der Waals surface area contributed by atoms with Crippen LogP contribution in [0.4, 0.5) is 0 Å². The molecule has 0 spiro atoms.